The fraction of sp³-hybridized carbons (Fsp3) is 0.278. The van der Waals surface area contributed by atoms with E-state index in [4.69, 9.17) is 0 Å². The van der Waals surface area contributed by atoms with E-state index in [1.807, 2.05) is 12.1 Å². The lowest BCUT2D eigenvalue weighted by atomic mass is 10.1. The molecule has 0 unspecified atom stereocenters. The van der Waals surface area contributed by atoms with Crippen LogP contribution in [0.15, 0.2) is 30.3 Å². The summed E-state index contributed by atoms with van der Waals surface area (Å²) in [5, 5.41) is 2.35. The summed E-state index contributed by atoms with van der Waals surface area (Å²) in [7, 11) is 0. The minimum Gasteiger partial charge on any atom is -0.372 e. The zero-order valence-electron chi connectivity index (χ0n) is 13.3. The summed E-state index contributed by atoms with van der Waals surface area (Å²) < 4.78 is 53.1. The van der Waals surface area contributed by atoms with Crippen LogP contribution in [0.2, 0.25) is 0 Å². The number of benzene rings is 2. The number of carbonyl (C=O) groups is 1. The topological polar surface area (TPSA) is 32.3 Å². The molecule has 2 aromatic carbocycles. The lowest BCUT2D eigenvalue weighted by Crippen LogP contribution is -2.29. The predicted octanol–water partition coefficient (Wildman–Crippen LogP) is 4.49. The standard InChI is InChI=1S/C18H16F4N2O/c19-14-10-13(15(20)17(22)16(14)21)18(25)23-11-4-6-12(7-5-11)24-8-2-1-3-9-24/h4-7,10H,1-3,8-9H2,(H,23,25). The van der Waals surface area contributed by atoms with Gasteiger partial charge in [0.25, 0.3) is 5.91 Å². The van der Waals surface area contributed by atoms with Gasteiger partial charge in [-0.1, -0.05) is 0 Å². The molecule has 1 heterocycles. The molecule has 1 saturated heterocycles. The Morgan fingerprint density at radius 3 is 2.16 bits per heavy atom. The second-order valence-corrected chi connectivity index (χ2v) is 5.90. The number of halogens is 4. The first-order chi connectivity index (χ1) is 12.0. The molecule has 0 spiro atoms. The predicted molar refractivity (Wildman–Crippen MR) is 86.7 cm³/mol. The molecule has 0 aliphatic carbocycles. The van der Waals surface area contributed by atoms with Crippen LogP contribution in [0.3, 0.4) is 0 Å². The minimum absolute atomic E-state index is 0.338. The van der Waals surface area contributed by atoms with Crippen LogP contribution >= 0.6 is 0 Å². The molecular formula is C18H16F4N2O. The smallest absolute Gasteiger partial charge is 0.258 e. The number of hydrogen-bond acceptors (Lipinski definition) is 2. The summed E-state index contributed by atoms with van der Waals surface area (Å²) in [5.74, 6) is -8.35. The highest BCUT2D eigenvalue weighted by atomic mass is 19.2. The van der Waals surface area contributed by atoms with Crippen molar-refractivity contribution in [2.45, 2.75) is 19.3 Å². The molecule has 0 aromatic heterocycles. The van der Waals surface area contributed by atoms with Crippen LogP contribution in [0.25, 0.3) is 0 Å². The maximum atomic E-state index is 13.7. The van der Waals surface area contributed by atoms with E-state index in [0.29, 0.717) is 11.8 Å². The maximum Gasteiger partial charge on any atom is 0.258 e. The van der Waals surface area contributed by atoms with Crippen LogP contribution in [-0.4, -0.2) is 19.0 Å². The van der Waals surface area contributed by atoms with Gasteiger partial charge in [0.05, 0.1) is 5.56 Å². The van der Waals surface area contributed by atoms with Gasteiger partial charge in [-0.05, 0) is 49.6 Å². The molecule has 1 aliphatic rings. The lowest BCUT2D eigenvalue weighted by molar-refractivity contribution is 0.102. The van der Waals surface area contributed by atoms with Gasteiger partial charge >= 0.3 is 0 Å². The Hall–Kier alpha value is -2.57. The van der Waals surface area contributed by atoms with Gasteiger partial charge in [0, 0.05) is 24.5 Å². The van der Waals surface area contributed by atoms with Crippen LogP contribution in [0, 0.1) is 23.3 Å². The number of nitrogens with one attached hydrogen (secondary N) is 1. The van der Waals surface area contributed by atoms with Crippen molar-refractivity contribution in [2.75, 3.05) is 23.3 Å². The number of rotatable bonds is 3. The highest BCUT2D eigenvalue weighted by molar-refractivity contribution is 6.04. The second kappa shape index (κ2) is 7.13. The summed E-state index contributed by atoms with van der Waals surface area (Å²) in [6, 6.07) is 7.20. The lowest BCUT2D eigenvalue weighted by Gasteiger charge is -2.28. The van der Waals surface area contributed by atoms with E-state index in [1.54, 1.807) is 12.1 Å². The fourth-order valence-electron chi connectivity index (χ4n) is 2.84. The van der Waals surface area contributed by atoms with Crippen molar-refractivity contribution in [2.24, 2.45) is 0 Å². The first-order valence-electron chi connectivity index (χ1n) is 7.96. The van der Waals surface area contributed by atoms with E-state index in [2.05, 4.69) is 10.2 Å². The van der Waals surface area contributed by atoms with Gasteiger partial charge in [-0.2, -0.15) is 0 Å². The van der Waals surface area contributed by atoms with Crippen LogP contribution in [0.4, 0.5) is 28.9 Å². The van der Waals surface area contributed by atoms with Gasteiger partial charge in [-0.3, -0.25) is 4.79 Å². The second-order valence-electron chi connectivity index (χ2n) is 5.90. The Morgan fingerprint density at radius 1 is 0.880 bits per heavy atom. The number of carbonyl (C=O) groups excluding carboxylic acids is 1. The Kier molecular flexibility index (Phi) is 4.92. The Balaban J connectivity index is 1.75. The van der Waals surface area contributed by atoms with E-state index < -0.39 is 34.7 Å². The summed E-state index contributed by atoms with van der Waals surface area (Å²) in [4.78, 5) is 14.2. The molecule has 0 atom stereocenters. The summed E-state index contributed by atoms with van der Waals surface area (Å²) in [6.45, 7) is 1.93. The first-order valence-corrected chi connectivity index (χ1v) is 7.96. The molecule has 1 amide bonds. The molecule has 0 saturated carbocycles. The first kappa shape index (κ1) is 17.3. The van der Waals surface area contributed by atoms with Crippen LogP contribution in [-0.2, 0) is 0 Å². The monoisotopic (exact) mass is 352 g/mol. The van der Waals surface area contributed by atoms with Crippen molar-refractivity contribution >= 4 is 17.3 Å². The van der Waals surface area contributed by atoms with Gasteiger partial charge in [0.1, 0.15) is 0 Å². The van der Waals surface area contributed by atoms with Crippen LogP contribution in [0.5, 0.6) is 0 Å². The molecule has 2 aromatic rings. The summed E-state index contributed by atoms with van der Waals surface area (Å²) in [6.07, 6.45) is 3.46. The van der Waals surface area contributed by atoms with E-state index in [-0.39, 0.29) is 0 Å². The zero-order valence-corrected chi connectivity index (χ0v) is 13.3. The van der Waals surface area contributed by atoms with Gasteiger partial charge in [-0.25, -0.2) is 17.6 Å². The number of amides is 1. The third-order valence-electron chi connectivity index (χ3n) is 4.19. The Bertz CT molecular complexity index is 787. The minimum atomic E-state index is -2.01. The van der Waals surface area contributed by atoms with E-state index >= 15 is 0 Å². The molecule has 0 radical (unpaired) electrons. The van der Waals surface area contributed by atoms with E-state index in [9.17, 15) is 22.4 Å². The molecule has 0 bridgehead atoms. The van der Waals surface area contributed by atoms with Crippen molar-refractivity contribution in [3.05, 3.63) is 59.2 Å². The molecule has 1 aliphatic heterocycles. The average molecular weight is 352 g/mol. The fourth-order valence-corrected chi connectivity index (χ4v) is 2.84. The van der Waals surface area contributed by atoms with Crippen molar-refractivity contribution in [3.8, 4) is 0 Å². The summed E-state index contributed by atoms with van der Waals surface area (Å²) >= 11 is 0. The van der Waals surface area contributed by atoms with Crippen LogP contribution < -0.4 is 10.2 Å². The van der Waals surface area contributed by atoms with Crippen LogP contribution in [0.1, 0.15) is 29.6 Å². The number of anilines is 2. The Morgan fingerprint density at radius 2 is 1.52 bits per heavy atom. The quantitative estimate of drug-likeness (QED) is 0.502. The zero-order chi connectivity index (χ0) is 18.0. The van der Waals surface area contributed by atoms with Crippen molar-refractivity contribution in [3.63, 3.8) is 0 Å². The SMILES string of the molecule is O=C(Nc1ccc(N2CCCCC2)cc1)c1cc(F)c(F)c(F)c1F. The van der Waals surface area contributed by atoms with Crippen molar-refractivity contribution in [1.29, 1.82) is 0 Å². The van der Waals surface area contributed by atoms with Gasteiger partial charge in [0.15, 0.2) is 23.3 Å². The van der Waals surface area contributed by atoms with Crippen molar-refractivity contribution < 1.29 is 22.4 Å². The average Bonchev–Trinajstić information content (AvgIpc) is 2.64. The Labute approximate surface area is 142 Å². The van der Waals surface area contributed by atoms with Crippen molar-refractivity contribution in [1.82, 2.24) is 0 Å². The molecule has 132 valence electrons. The van der Waals surface area contributed by atoms with Gasteiger partial charge < -0.3 is 10.2 Å². The molecule has 7 heteroatoms. The molecule has 1 fully saturated rings. The highest BCUT2D eigenvalue weighted by Crippen LogP contribution is 2.23. The molecular weight excluding hydrogens is 336 g/mol. The van der Waals surface area contributed by atoms with Gasteiger partial charge in [-0.15, -0.1) is 0 Å². The molecule has 3 nitrogen and oxygen atoms in total. The van der Waals surface area contributed by atoms with E-state index in [1.165, 1.54) is 6.42 Å². The number of hydrogen-bond donors (Lipinski definition) is 1. The number of piperidine rings is 1. The largest absolute Gasteiger partial charge is 0.372 e. The molecule has 1 N–H and O–H groups in total. The normalized spacial score (nSPS) is 14.5. The third kappa shape index (κ3) is 3.60. The molecule has 25 heavy (non-hydrogen) atoms. The molecule has 3 rings (SSSR count). The maximum absolute atomic E-state index is 13.7. The van der Waals surface area contributed by atoms with E-state index in [0.717, 1.165) is 31.6 Å². The third-order valence-corrected chi connectivity index (χ3v) is 4.19. The van der Waals surface area contributed by atoms with Gasteiger partial charge in [0.2, 0.25) is 0 Å². The number of nitrogens with zero attached hydrogens (tertiary/aromatic N) is 1. The highest BCUT2D eigenvalue weighted by Gasteiger charge is 2.23. The summed E-state index contributed by atoms with van der Waals surface area (Å²) in [5.41, 5.74) is 0.453.